The number of carbonyl (C=O) groups is 1. The Balaban J connectivity index is 1.44. The van der Waals surface area contributed by atoms with Gasteiger partial charge in [-0.25, -0.2) is 16.8 Å². The summed E-state index contributed by atoms with van der Waals surface area (Å²) in [6, 6.07) is 17.4. The van der Waals surface area contributed by atoms with E-state index >= 15 is 0 Å². The second-order valence-electron chi connectivity index (χ2n) is 8.55. The van der Waals surface area contributed by atoms with Crippen LogP contribution in [0.3, 0.4) is 0 Å². The largest absolute Gasteiger partial charge is 0.339 e. The number of carbonyl (C=O) groups excluding carboxylic acids is 1. The molecule has 0 bridgehead atoms. The highest BCUT2D eigenvalue weighted by Gasteiger charge is 2.35. The molecule has 1 amide bonds. The predicted octanol–water partition coefficient (Wildman–Crippen LogP) is 1.21. The maximum absolute atomic E-state index is 13.3. The molecule has 0 aromatic heterocycles. The van der Waals surface area contributed by atoms with Crippen LogP contribution in [0.4, 0.5) is 0 Å². The number of amides is 1. The van der Waals surface area contributed by atoms with Crippen molar-refractivity contribution in [2.24, 2.45) is 0 Å². The summed E-state index contributed by atoms with van der Waals surface area (Å²) in [5.41, 5.74) is 0.803. The zero-order valence-electron chi connectivity index (χ0n) is 18.4. The summed E-state index contributed by atoms with van der Waals surface area (Å²) in [5.74, 6) is 0.160. The molecule has 2 saturated heterocycles. The van der Waals surface area contributed by atoms with Gasteiger partial charge in [-0.1, -0.05) is 48.5 Å². The van der Waals surface area contributed by atoms with E-state index in [2.05, 4.69) is 4.90 Å². The molecule has 8 nitrogen and oxygen atoms in total. The Morgan fingerprint density at radius 2 is 1.55 bits per heavy atom. The van der Waals surface area contributed by atoms with E-state index < -0.39 is 19.9 Å². The Morgan fingerprint density at radius 3 is 2.12 bits per heavy atom. The Hall–Kier alpha value is -2.27. The number of benzene rings is 2. The van der Waals surface area contributed by atoms with E-state index in [9.17, 15) is 21.6 Å². The Labute approximate surface area is 195 Å². The molecule has 2 fully saturated rings. The van der Waals surface area contributed by atoms with Crippen molar-refractivity contribution in [3.8, 4) is 0 Å². The molecule has 33 heavy (non-hydrogen) atoms. The van der Waals surface area contributed by atoms with Gasteiger partial charge in [0.2, 0.25) is 15.9 Å². The van der Waals surface area contributed by atoms with Crippen LogP contribution in [0.5, 0.6) is 0 Å². The molecular weight excluding hydrogens is 462 g/mol. The van der Waals surface area contributed by atoms with Crippen LogP contribution in [0.1, 0.15) is 12.0 Å². The van der Waals surface area contributed by atoms with Crippen molar-refractivity contribution in [2.45, 2.75) is 23.9 Å². The number of rotatable bonds is 7. The first-order valence-electron chi connectivity index (χ1n) is 11.1. The Morgan fingerprint density at radius 1 is 0.939 bits per heavy atom. The summed E-state index contributed by atoms with van der Waals surface area (Å²) in [6.45, 7) is 1.96. The molecule has 2 aliphatic heterocycles. The molecule has 2 heterocycles. The first-order chi connectivity index (χ1) is 15.7. The minimum Gasteiger partial charge on any atom is -0.339 e. The smallest absolute Gasteiger partial charge is 0.243 e. The molecule has 1 atom stereocenters. The van der Waals surface area contributed by atoms with E-state index in [1.165, 1.54) is 16.4 Å². The standard InChI is InChI=1S/C23H29N3O5S2/c27-23(25-14-12-24(13-15-25)21-11-16-32(28,29)19-21)18-26(17-20-7-3-1-4-8-20)33(30,31)22-9-5-2-6-10-22/h1-10,21H,11-19H2/t21-/m0/s1. The van der Waals surface area contributed by atoms with E-state index in [0.717, 1.165) is 5.56 Å². The summed E-state index contributed by atoms with van der Waals surface area (Å²) in [6.07, 6.45) is 0.635. The molecule has 0 spiro atoms. The number of hydrogen-bond acceptors (Lipinski definition) is 6. The Kier molecular flexibility index (Phi) is 7.18. The van der Waals surface area contributed by atoms with Crippen molar-refractivity contribution in [2.75, 3.05) is 44.2 Å². The second kappa shape index (κ2) is 9.92. The van der Waals surface area contributed by atoms with Crippen molar-refractivity contribution in [3.05, 3.63) is 66.2 Å². The Bertz CT molecular complexity index is 1160. The molecule has 4 rings (SSSR count). The van der Waals surface area contributed by atoms with E-state index in [1.807, 2.05) is 30.3 Å². The number of sulfone groups is 1. The van der Waals surface area contributed by atoms with Crippen LogP contribution in [0.2, 0.25) is 0 Å². The van der Waals surface area contributed by atoms with Gasteiger partial charge in [0.1, 0.15) is 0 Å². The van der Waals surface area contributed by atoms with Crippen molar-refractivity contribution < 1.29 is 21.6 Å². The number of hydrogen-bond donors (Lipinski definition) is 0. The normalized spacial score (nSPS) is 21.4. The topological polar surface area (TPSA) is 95.1 Å². The molecule has 2 aromatic rings. The lowest BCUT2D eigenvalue weighted by atomic mass is 10.2. The fraction of sp³-hybridized carbons (Fsp3) is 0.435. The van der Waals surface area contributed by atoms with Crippen LogP contribution < -0.4 is 0 Å². The summed E-state index contributed by atoms with van der Waals surface area (Å²) in [4.78, 5) is 17.1. The molecule has 2 aromatic carbocycles. The van der Waals surface area contributed by atoms with Crippen molar-refractivity contribution in [1.82, 2.24) is 14.1 Å². The quantitative estimate of drug-likeness (QED) is 0.578. The van der Waals surface area contributed by atoms with Crippen LogP contribution in [-0.4, -0.2) is 87.1 Å². The lowest BCUT2D eigenvalue weighted by Gasteiger charge is -2.38. The molecular formula is C23H29N3O5S2. The molecule has 10 heteroatoms. The van der Waals surface area contributed by atoms with Gasteiger partial charge < -0.3 is 4.90 Å². The SMILES string of the molecule is O=C(CN(Cc1ccccc1)S(=O)(=O)c1ccccc1)N1CCN([C@H]2CCS(=O)(=O)C2)CC1. The zero-order valence-corrected chi connectivity index (χ0v) is 20.0. The fourth-order valence-corrected chi connectivity index (χ4v) is 7.57. The predicted molar refractivity (Wildman–Crippen MR) is 126 cm³/mol. The number of sulfonamides is 1. The molecule has 2 aliphatic rings. The highest BCUT2D eigenvalue weighted by Crippen LogP contribution is 2.21. The van der Waals surface area contributed by atoms with Gasteiger partial charge in [0, 0.05) is 38.8 Å². The third-order valence-corrected chi connectivity index (χ3v) is 9.84. The van der Waals surface area contributed by atoms with Gasteiger partial charge in [-0.2, -0.15) is 4.31 Å². The lowest BCUT2D eigenvalue weighted by Crippen LogP contribution is -2.54. The molecule has 0 aliphatic carbocycles. The monoisotopic (exact) mass is 491 g/mol. The van der Waals surface area contributed by atoms with Crippen molar-refractivity contribution in [3.63, 3.8) is 0 Å². The van der Waals surface area contributed by atoms with E-state index in [0.29, 0.717) is 32.6 Å². The molecule has 0 N–H and O–H groups in total. The zero-order chi connectivity index (χ0) is 23.5. The van der Waals surface area contributed by atoms with Gasteiger partial charge in [0.25, 0.3) is 0 Å². The van der Waals surface area contributed by atoms with E-state index in [-0.39, 0.29) is 41.4 Å². The van der Waals surface area contributed by atoms with Gasteiger partial charge in [-0.05, 0) is 24.1 Å². The van der Waals surface area contributed by atoms with Crippen molar-refractivity contribution in [1.29, 1.82) is 0 Å². The average Bonchev–Trinajstić information content (AvgIpc) is 3.19. The van der Waals surface area contributed by atoms with Gasteiger partial charge >= 0.3 is 0 Å². The van der Waals surface area contributed by atoms with Crippen molar-refractivity contribution >= 4 is 25.8 Å². The van der Waals surface area contributed by atoms with E-state index in [4.69, 9.17) is 0 Å². The van der Waals surface area contributed by atoms with Crippen LogP contribution in [0, 0.1) is 0 Å². The maximum Gasteiger partial charge on any atom is 0.243 e. The van der Waals surface area contributed by atoms with Crippen LogP contribution in [-0.2, 0) is 31.2 Å². The molecule has 0 radical (unpaired) electrons. The van der Waals surface area contributed by atoms with Gasteiger partial charge in [-0.3, -0.25) is 9.69 Å². The maximum atomic E-state index is 13.3. The van der Waals surface area contributed by atoms with Gasteiger partial charge in [0.15, 0.2) is 9.84 Å². The number of piperazine rings is 1. The lowest BCUT2D eigenvalue weighted by molar-refractivity contribution is -0.133. The fourth-order valence-electron chi connectivity index (χ4n) is 4.41. The van der Waals surface area contributed by atoms with Crippen LogP contribution in [0.15, 0.2) is 65.6 Å². The highest BCUT2D eigenvalue weighted by molar-refractivity contribution is 7.91. The second-order valence-corrected chi connectivity index (χ2v) is 12.7. The third kappa shape index (κ3) is 5.81. The number of nitrogens with zero attached hydrogens (tertiary/aromatic N) is 3. The molecule has 0 saturated carbocycles. The van der Waals surface area contributed by atoms with Gasteiger partial charge in [0.05, 0.1) is 22.9 Å². The third-order valence-electron chi connectivity index (χ3n) is 6.29. The minimum atomic E-state index is -3.86. The van der Waals surface area contributed by atoms with Gasteiger partial charge in [-0.15, -0.1) is 0 Å². The molecule has 0 unspecified atom stereocenters. The summed E-state index contributed by atoms with van der Waals surface area (Å²) < 4.78 is 51.5. The van der Waals surface area contributed by atoms with Crippen LogP contribution in [0.25, 0.3) is 0 Å². The van der Waals surface area contributed by atoms with E-state index in [1.54, 1.807) is 23.1 Å². The molecule has 178 valence electrons. The summed E-state index contributed by atoms with van der Waals surface area (Å²) in [7, 11) is -6.82. The first kappa shape index (κ1) is 23.9. The highest BCUT2D eigenvalue weighted by atomic mass is 32.2. The average molecular weight is 492 g/mol. The minimum absolute atomic E-state index is 0.0142. The summed E-state index contributed by atoms with van der Waals surface area (Å²) >= 11 is 0. The summed E-state index contributed by atoms with van der Waals surface area (Å²) in [5, 5.41) is 0. The van der Waals surface area contributed by atoms with Crippen LogP contribution >= 0.6 is 0 Å². The first-order valence-corrected chi connectivity index (χ1v) is 14.3.